The zero-order chi connectivity index (χ0) is 26.4. The quantitative estimate of drug-likeness (QED) is 0.208. The Bertz CT molecular complexity index is 984. The molecule has 0 spiro atoms. The predicted molar refractivity (Wildman–Crippen MR) is 126 cm³/mol. The number of aryl methyl sites for hydroxylation is 1. The first-order chi connectivity index (χ1) is 17.2. The van der Waals surface area contributed by atoms with Crippen molar-refractivity contribution in [2.24, 2.45) is 0 Å². The molecule has 1 saturated heterocycles. The van der Waals surface area contributed by atoms with Gasteiger partial charge in [0.2, 0.25) is 0 Å². The third kappa shape index (κ3) is 6.56. The maximum atomic E-state index is 10.6. The summed E-state index contributed by atoms with van der Waals surface area (Å²) in [6.07, 6.45) is -7.00. The van der Waals surface area contributed by atoms with E-state index in [0.29, 0.717) is 18.4 Å². The van der Waals surface area contributed by atoms with Gasteiger partial charge >= 0.3 is 0 Å². The summed E-state index contributed by atoms with van der Waals surface area (Å²) in [4.78, 5) is 0. The summed E-state index contributed by atoms with van der Waals surface area (Å²) in [5.41, 5.74) is 1.12. The van der Waals surface area contributed by atoms with E-state index in [0.717, 1.165) is 5.56 Å². The first-order valence-electron chi connectivity index (χ1n) is 11.6. The number of aliphatic hydroxyl groups is 5. The van der Waals surface area contributed by atoms with Gasteiger partial charge in [-0.15, -0.1) is 0 Å². The van der Waals surface area contributed by atoms with Crippen molar-refractivity contribution in [2.45, 2.75) is 62.7 Å². The van der Waals surface area contributed by atoms with E-state index in [9.17, 15) is 35.7 Å². The van der Waals surface area contributed by atoms with Crippen LogP contribution in [0.1, 0.15) is 30.6 Å². The second-order valence-corrected chi connectivity index (χ2v) is 8.67. The SMILES string of the molecule is COc1cc([C@@H](O)[C@@H](CO)Oc2ccc(CCCO[C@@H]3O[C@@H](C)[C@@H](O)[C@H](O)[C@H]3O)cc2O)ccc1O. The summed E-state index contributed by atoms with van der Waals surface area (Å²) in [5.74, 6) is -0.0485. The highest BCUT2D eigenvalue weighted by Gasteiger charge is 2.42. The van der Waals surface area contributed by atoms with E-state index >= 15 is 0 Å². The third-order valence-corrected chi connectivity index (χ3v) is 6.08. The lowest BCUT2D eigenvalue weighted by Gasteiger charge is -2.38. The van der Waals surface area contributed by atoms with Crippen LogP contribution in [-0.4, -0.2) is 92.9 Å². The minimum absolute atomic E-state index is 0.0686. The van der Waals surface area contributed by atoms with Gasteiger partial charge in [-0.2, -0.15) is 0 Å². The molecule has 7 atom stereocenters. The Labute approximate surface area is 208 Å². The van der Waals surface area contributed by atoms with Crippen molar-refractivity contribution in [3.8, 4) is 23.0 Å². The highest BCUT2D eigenvalue weighted by molar-refractivity contribution is 5.44. The normalized spacial score (nSPS) is 25.8. The van der Waals surface area contributed by atoms with Crippen LogP contribution in [0.2, 0.25) is 0 Å². The summed E-state index contributed by atoms with van der Waals surface area (Å²) in [6, 6.07) is 8.99. The fourth-order valence-electron chi connectivity index (χ4n) is 3.90. The molecule has 7 N–H and O–H groups in total. The van der Waals surface area contributed by atoms with Crippen LogP contribution in [0.25, 0.3) is 0 Å². The van der Waals surface area contributed by atoms with Gasteiger partial charge in [-0.3, -0.25) is 0 Å². The molecule has 0 radical (unpaired) electrons. The predicted octanol–water partition coefficient (Wildman–Crippen LogP) is 0.356. The molecule has 0 aliphatic carbocycles. The van der Waals surface area contributed by atoms with Gasteiger partial charge in [0.1, 0.15) is 24.4 Å². The molecule has 1 aliphatic heterocycles. The molecule has 0 unspecified atom stereocenters. The minimum Gasteiger partial charge on any atom is -0.504 e. The van der Waals surface area contributed by atoms with Crippen LogP contribution in [0.3, 0.4) is 0 Å². The van der Waals surface area contributed by atoms with Crippen molar-refractivity contribution in [1.82, 2.24) is 0 Å². The molecule has 11 heteroatoms. The number of phenolic OH excluding ortho intramolecular Hbond substituents is 2. The lowest BCUT2D eigenvalue weighted by atomic mass is 10.00. The van der Waals surface area contributed by atoms with Gasteiger partial charge in [-0.1, -0.05) is 12.1 Å². The van der Waals surface area contributed by atoms with Crippen LogP contribution in [-0.2, 0) is 15.9 Å². The number of aromatic hydroxyl groups is 2. The molecular formula is C25H34O11. The largest absolute Gasteiger partial charge is 0.504 e. The number of aliphatic hydroxyl groups excluding tert-OH is 5. The molecule has 36 heavy (non-hydrogen) atoms. The maximum absolute atomic E-state index is 10.6. The van der Waals surface area contributed by atoms with E-state index in [2.05, 4.69) is 0 Å². The van der Waals surface area contributed by atoms with E-state index in [-0.39, 0.29) is 29.6 Å². The molecule has 11 nitrogen and oxygen atoms in total. The van der Waals surface area contributed by atoms with Gasteiger partial charge < -0.3 is 54.7 Å². The van der Waals surface area contributed by atoms with Crippen LogP contribution in [0.5, 0.6) is 23.0 Å². The van der Waals surface area contributed by atoms with Crippen molar-refractivity contribution in [3.63, 3.8) is 0 Å². The van der Waals surface area contributed by atoms with Gasteiger partial charge in [-0.25, -0.2) is 0 Å². The molecule has 0 amide bonds. The smallest absolute Gasteiger partial charge is 0.186 e. The van der Waals surface area contributed by atoms with Gasteiger partial charge in [-0.05, 0) is 55.2 Å². The Kier molecular flexibility index (Phi) is 9.74. The molecule has 1 heterocycles. The molecule has 0 saturated carbocycles. The number of rotatable bonds is 11. The zero-order valence-corrected chi connectivity index (χ0v) is 20.1. The van der Waals surface area contributed by atoms with Crippen LogP contribution < -0.4 is 9.47 Å². The average Bonchev–Trinajstić information content (AvgIpc) is 2.87. The maximum Gasteiger partial charge on any atom is 0.186 e. The lowest BCUT2D eigenvalue weighted by Crippen LogP contribution is -2.57. The average molecular weight is 511 g/mol. The molecule has 0 aromatic heterocycles. The Morgan fingerprint density at radius 1 is 0.944 bits per heavy atom. The van der Waals surface area contributed by atoms with Crippen LogP contribution in [0, 0.1) is 0 Å². The van der Waals surface area contributed by atoms with Crippen molar-refractivity contribution in [3.05, 3.63) is 47.5 Å². The van der Waals surface area contributed by atoms with Gasteiger partial charge in [0, 0.05) is 0 Å². The van der Waals surface area contributed by atoms with Crippen LogP contribution in [0.15, 0.2) is 36.4 Å². The second kappa shape index (κ2) is 12.5. The first-order valence-corrected chi connectivity index (χ1v) is 11.6. The zero-order valence-electron chi connectivity index (χ0n) is 20.1. The van der Waals surface area contributed by atoms with Crippen molar-refractivity contribution in [2.75, 3.05) is 20.3 Å². The minimum atomic E-state index is -1.37. The van der Waals surface area contributed by atoms with Crippen LogP contribution in [0.4, 0.5) is 0 Å². The fourth-order valence-corrected chi connectivity index (χ4v) is 3.90. The van der Waals surface area contributed by atoms with E-state index in [1.165, 1.54) is 37.4 Å². The number of ether oxygens (including phenoxy) is 4. The van der Waals surface area contributed by atoms with E-state index in [1.54, 1.807) is 13.0 Å². The molecule has 2 aromatic carbocycles. The number of phenols is 2. The molecule has 2 aromatic rings. The molecule has 3 rings (SSSR count). The molecular weight excluding hydrogens is 476 g/mol. The highest BCUT2D eigenvalue weighted by atomic mass is 16.7. The van der Waals surface area contributed by atoms with Crippen molar-refractivity contribution in [1.29, 1.82) is 0 Å². The van der Waals surface area contributed by atoms with Gasteiger partial charge in [0.25, 0.3) is 0 Å². The lowest BCUT2D eigenvalue weighted by molar-refractivity contribution is -0.293. The monoisotopic (exact) mass is 510 g/mol. The van der Waals surface area contributed by atoms with E-state index < -0.39 is 49.5 Å². The van der Waals surface area contributed by atoms with E-state index in [4.69, 9.17) is 18.9 Å². The van der Waals surface area contributed by atoms with Crippen molar-refractivity contribution < 1.29 is 54.7 Å². The Morgan fingerprint density at radius 2 is 1.69 bits per heavy atom. The molecule has 200 valence electrons. The number of hydrogen-bond donors (Lipinski definition) is 7. The summed E-state index contributed by atoms with van der Waals surface area (Å²) in [7, 11) is 1.38. The Balaban J connectivity index is 1.54. The molecule has 1 fully saturated rings. The van der Waals surface area contributed by atoms with Gasteiger partial charge in [0.15, 0.2) is 35.4 Å². The second-order valence-electron chi connectivity index (χ2n) is 8.67. The van der Waals surface area contributed by atoms with Crippen molar-refractivity contribution >= 4 is 0 Å². The number of hydrogen-bond acceptors (Lipinski definition) is 11. The Hall–Kier alpha value is -2.64. The first kappa shape index (κ1) is 27.9. The summed E-state index contributed by atoms with van der Waals surface area (Å²) in [5, 5.41) is 70.1. The topological polar surface area (TPSA) is 179 Å². The van der Waals surface area contributed by atoms with Crippen LogP contribution >= 0.6 is 0 Å². The molecule has 0 bridgehead atoms. The molecule has 1 aliphatic rings. The number of methoxy groups -OCH3 is 1. The summed E-state index contributed by atoms with van der Waals surface area (Å²) in [6.45, 7) is 1.23. The Morgan fingerprint density at radius 3 is 2.36 bits per heavy atom. The standard InChI is InChI=1S/C25H34O11/c1-13-21(29)23(31)24(32)25(35-13)34-9-3-4-14-5-8-18(17(28)10-14)36-20(12-26)22(30)15-6-7-16(27)19(11-15)33-2/h5-8,10-11,13,20-32H,3-4,9,12H2,1-2H3/t13-,20+,21+,22+,23-,24+,25+/m0/s1. The summed E-state index contributed by atoms with van der Waals surface area (Å²) < 4.78 is 21.6. The third-order valence-electron chi connectivity index (χ3n) is 6.08. The highest BCUT2D eigenvalue weighted by Crippen LogP contribution is 2.33. The fraction of sp³-hybridized carbons (Fsp3) is 0.520. The summed E-state index contributed by atoms with van der Waals surface area (Å²) >= 11 is 0. The van der Waals surface area contributed by atoms with E-state index in [1.807, 2.05) is 0 Å². The van der Waals surface area contributed by atoms with Gasteiger partial charge in [0.05, 0.1) is 26.4 Å². The number of benzene rings is 2.